The molecule has 0 N–H and O–H groups in total. The van der Waals surface area contributed by atoms with Crippen molar-refractivity contribution in [2.75, 3.05) is 56.2 Å². The van der Waals surface area contributed by atoms with E-state index in [1.807, 2.05) is 17.0 Å². The number of hydrogen-bond acceptors (Lipinski definition) is 6. The summed E-state index contributed by atoms with van der Waals surface area (Å²) in [5.41, 5.74) is 3.29. The van der Waals surface area contributed by atoms with Crippen LogP contribution in [0, 0.1) is 0 Å². The van der Waals surface area contributed by atoms with Gasteiger partial charge in [0.2, 0.25) is 5.91 Å². The number of fused-ring (bicyclic) bond motifs is 1. The van der Waals surface area contributed by atoms with Gasteiger partial charge in [-0.2, -0.15) is 0 Å². The van der Waals surface area contributed by atoms with E-state index >= 15 is 0 Å². The fourth-order valence-electron chi connectivity index (χ4n) is 5.17. The van der Waals surface area contributed by atoms with Crippen LogP contribution < -0.4 is 14.5 Å². The third-order valence-electron chi connectivity index (χ3n) is 7.25. The maximum atomic E-state index is 12.6. The molecule has 0 aliphatic carbocycles. The maximum absolute atomic E-state index is 12.6. The Morgan fingerprint density at radius 1 is 1.00 bits per heavy atom. The van der Waals surface area contributed by atoms with E-state index in [1.165, 1.54) is 0 Å². The summed E-state index contributed by atoms with van der Waals surface area (Å²) in [6, 6.07) is 8.22. The monoisotopic (exact) mass is 493 g/mol. The molecule has 1 aromatic heterocycles. The van der Waals surface area contributed by atoms with Crippen molar-refractivity contribution in [1.82, 2.24) is 14.9 Å². The summed E-state index contributed by atoms with van der Waals surface area (Å²) >= 11 is 0. The van der Waals surface area contributed by atoms with E-state index in [4.69, 9.17) is 14.7 Å². The second kappa shape index (κ2) is 11.6. The highest BCUT2D eigenvalue weighted by Gasteiger charge is 2.26. The SMILES string of the molecule is CCCc1cc(N2CCN(CCCCN3C(=O)CCc4c(OC)cccc43)CC2)nc(C(C)(C)C)n1. The van der Waals surface area contributed by atoms with Crippen LogP contribution in [0.3, 0.4) is 0 Å². The first-order valence-corrected chi connectivity index (χ1v) is 13.6. The lowest BCUT2D eigenvalue weighted by Crippen LogP contribution is -2.47. The lowest BCUT2D eigenvalue weighted by molar-refractivity contribution is -0.118. The molecule has 2 aliphatic rings. The second-order valence-electron chi connectivity index (χ2n) is 11.1. The van der Waals surface area contributed by atoms with Gasteiger partial charge in [-0.15, -0.1) is 0 Å². The van der Waals surface area contributed by atoms with E-state index in [0.29, 0.717) is 6.42 Å². The number of methoxy groups -OCH3 is 1. The molecule has 0 saturated carbocycles. The lowest BCUT2D eigenvalue weighted by atomic mass is 9.95. The Kier molecular flexibility index (Phi) is 8.50. The number of hydrogen-bond donors (Lipinski definition) is 0. The average Bonchev–Trinajstić information content (AvgIpc) is 2.87. The van der Waals surface area contributed by atoms with E-state index < -0.39 is 0 Å². The Labute approximate surface area is 216 Å². The third kappa shape index (κ3) is 6.17. The summed E-state index contributed by atoms with van der Waals surface area (Å²) in [6.45, 7) is 14.7. The van der Waals surface area contributed by atoms with Gasteiger partial charge in [0.15, 0.2) is 0 Å². The van der Waals surface area contributed by atoms with Gasteiger partial charge in [-0.25, -0.2) is 9.97 Å². The fourth-order valence-corrected chi connectivity index (χ4v) is 5.17. The summed E-state index contributed by atoms with van der Waals surface area (Å²) in [6.07, 6.45) is 5.51. The van der Waals surface area contributed by atoms with Gasteiger partial charge in [0.25, 0.3) is 0 Å². The van der Waals surface area contributed by atoms with Crippen molar-refractivity contribution < 1.29 is 9.53 Å². The minimum absolute atomic E-state index is 0.0539. The number of carbonyl (C=O) groups excluding carboxylic acids is 1. The molecule has 4 rings (SSSR count). The summed E-state index contributed by atoms with van der Waals surface area (Å²) in [4.78, 5) is 29.4. The molecule has 7 nitrogen and oxygen atoms in total. The Bertz CT molecular complexity index is 1040. The maximum Gasteiger partial charge on any atom is 0.227 e. The first-order valence-electron chi connectivity index (χ1n) is 13.6. The molecule has 3 heterocycles. The number of unbranched alkanes of at least 4 members (excludes halogenated alkanes) is 1. The van der Waals surface area contributed by atoms with Gasteiger partial charge >= 0.3 is 0 Å². The van der Waals surface area contributed by atoms with E-state index in [-0.39, 0.29) is 11.3 Å². The number of amides is 1. The van der Waals surface area contributed by atoms with E-state index in [2.05, 4.69) is 49.6 Å². The van der Waals surface area contributed by atoms with Crippen LogP contribution in [0.25, 0.3) is 0 Å². The van der Waals surface area contributed by atoms with Crippen molar-refractivity contribution in [2.24, 2.45) is 0 Å². The van der Waals surface area contributed by atoms with Crippen LogP contribution in [0.4, 0.5) is 11.5 Å². The Hall–Kier alpha value is -2.67. The van der Waals surface area contributed by atoms with Crippen LogP contribution in [0.2, 0.25) is 0 Å². The number of nitrogens with zero attached hydrogens (tertiary/aromatic N) is 5. The lowest BCUT2D eigenvalue weighted by Gasteiger charge is -2.36. The van der Waals surface area contributed by atoms with Gasteiger partial charge in [0.1, 0.15) is 17.4 Å². The summed E-state index contributed by atoms with van der Waals surface area (Å²) in [5, 5.41) is 0. The fraction of sp³-hybridized carbons (Fsp3) is 0.621. The summed E-state index contributed by atoms with van der Waals surface area (Å²) in [7, 11) is 1.70. The number of aryl methyl sites for hydroxylation is 1. The zero-order chi connectivity index (χ0) is 25.7. The van der Waals surface area contributed by atoms with Gasteiger partial charge in [-0.05, 0) is 44.4 Å². The molecule has 1 saturated heterocycles. The molecule has 2 aliphatic heterocycles. The molecular formula is C29H43N5O2. The highest BCUT2D eigenvalue weighted by Crippen LogP contribution is 2.34. The van der Waals surface area contributed by atoms with E-state index in [0.717, 1.165) is 106 Å². The van der Waals surface area contributed by atoms with Crippen molar-refractivity contribution in [1.29, 1.82) is 0 Å². The molecule has 0 spiro atoms. The number of carbonyl (C=O) groups is 1. The molecule has 196 valence electrons. The summed E-state index contributed by atoms with van der Waals surface area (Å²) < 4.78 is 5.53. The van der Waals surface area contributed by atoms with Crippen molar-refractivity contribution in [2.45, 2.75) is 71.6 Å². The van der Waals surface area contributed by atoms with Crippen molar-refractivity contribution in [3.63, 3.8) is 0 Å². The highest BCUT2D eigenvalue weighted by atomic mass is 16.5. The molecule has 0 bridgehead atoms. The Morgan fingerprint density at radius 3 is 2.44 bits per heavy atom. The molecule has 36 heavy (non-hydrogen) atoms. The number of anilines is 2. The van der Waals surface area contributed by atoms with Gasteiger partial charge in [-0.3, -0.25) is 9.69 Å². The number of ether oxygens (including phenoxy) is 1. The molecule has 1 aromatic carbocycles. The average molecular weight is 494 g/mol. The smallest absolute Gasteiger partial charge is 0.227 e. The van der Waals surface area contributed by atoms with Gasteiger partial charge in [0, 0.05) is 61.9 Å². The minimum atomic E-state index is -0.0539. The molecule has 2 aromatic rings. The molecule has 0 atom stereocenters. The highest BCUT2D eigenvalue weighted by molar-refractivity contribution is 5.96. The van der Waals surface area contributed by atoms with Gasteiger partial charge in [-0.1, -0.05) is 40.2 Å². The molecule has 1 amide bonds. The normalized spacial score (nSPS) is 16.9. The first kappa shape index (κ1) is 26.4. The minimum Gasteiger partial charge on any atom is -0.496 e. The van der Waals surface area contributed by atoms with Crippen LogP contribution >= 0.6 is 0 Å². The van der Waals surface area contributed by atoms with Gasteiger partial charge < -0.3 is 14.5 Å². The quantitative estimate of drug-likeness (QED) is 0.475. The first-order chi connectivity index (χ1) is 17.3. The van der Waals surface area contributed by atoms with Crippen LogP contribution in [-0.4, -0.2) is 67.2 Å². The Morgan fingerprint density at radius 2 is 1.75 bits per heavy atom. The predicted octanol–water partition coefficient (Wildman–Crippen LogP) is 4.62. The van der Waals surface area contributed by atoms with Crippen LogP contribution in [0.15, 0.2) is 24.3 Å². The second-order valence-corrected chi connectivity index (χ2v) is 11.1. The topological polar surface area (TPSA) is 61.8 Å². The molecular weight excluding hydrogens is 450 g/mol. The number of piperazine rings is 1. The van der Waals surface area contributed by atoms with E-state index in [9.17, 15) is 4.79 Å². The van der Waals surface area contributed by atoms with Crippen molar-refractivity contribution >= 4 is 17.4 Å². The molecule has 1 fully saturated rings. The third-order valence-corrected chi connectivity index (χ3v) is 7.25. The van der Waals surface area contributed by atoms with Gasteiger partial charge in [0.05, 0.1) is 12.8 Å². The largest absolute Gasteiger partial charge is 0.496 e. The number of benzene rings is 1. The van der Waals surface area contributed by atoms with E-state index in [1.54, 1.807) is 7.11 Å². The van der Waals surface area contributed by atoms with Crippen LogP contribution in [-0.2, 0) is 23.1 Å². The molecule has 0 unspecified atom stereocenters. The Balaban J connectivity index is 1.28. The standard InChI is InChI=1S/C29H43N5O2/c1-6-10-22-21-26(31-28(30-22)29(2,3)4)33-19-17-32(18-20-33)15-7-8-16-34-24-11-9-12-25(36-5)23(24)13-14-27(34)35/h9,11-12,21H,6-8,10,13-20H2,1-5H3. The number of rotatable bonds is 9. The van der Waals surface area contributed by atoms with Crippen molar-refractivity contribution in [3.8, 4) is 5.75 Å². The van der Waals surface area contributed by atoms with Crippen molar-refractivity contribution in [3.05, 3.63) is 41.3 Å². The number of aromatic nitrogens is 2. The van der Waals surface area contributed by atoms with Crippen LogP contribution in [0.1, 0.15) is 70.5 Å². The summed E-state index contributed by atoms with van der Waals surface area (Å²) in [5.74, 6) is 3.14. The predicted molar refractivity (Wildman–Crippen MR) is 146 cm³/mol. The molecule has 7 heteroatoms. The molecule has 0 radical (unpaired) electrons. The zero-order valence-electron chi connectivity index (χ0n) is 22.8. The van der Waals surface area contributed by atoms with Crippen LogP contribution in [0.5, 0.6) is 5.75 Å². The zero-order valence-corrected chi connectivity index (χ0v) is 22.8.